The van der Waals surface area contributed by atoms with Gasteiger partial charge < -0.3 is 5.32 Å². The van der Waals surface area contributed by atoms with Gasteiger partial charge in [0.05, 0.1) is 5.69 Å². The molecule has 16 heavy (non-hydrogen) atoms. The first-order valence-corrected chi connectivity index (χ1v) is 6.78. The van der Waals surface area contributed by atoms with Crippen LogP contribution in [0.1, 0.15) is 31.9 Å². The number of benzene rings is 1. The van der Waals surface area contributed by atoms with Crippen molar-refractivity contribution < 1.29 is 0 Å². The van der Waals surface area contributed by atoms with E-state index in [1.165, 1.54) is 21.7 Å². The summed E-state index contributed by atoms with van der Waals surface area (Å²) in [5.74, 6) is 0. The van der Waals surface area contributed by atoms with E-state index < -0.39 is 0 Å². The fourth-order valence-corrected chi connectivity index (χ4v) is 3.43. The van der Waals surface area contributed by atoms with Crippen LogP contribution in [0.15, 0.2) is 17.0 Å². The summed E-state index contributed by atoms with van der Waals surface area (Å²) in [6.45, 7) is 12.4. The Kier molecular flexibility index (Phi) is 2.95. The van der Waals surface area contributed by atoms with Gasteiger partial charge in [-0.05, 0) is 30.4 Å². The molecule has 1 aliphatic heterocycles. The molecule has 0 aromatic heterocycles. The fraction of sp³-hybridized carbons (Fsp3) is 0.571. The number of hydrogen-bond acceptors (Lipinski definition) is 2. The first-order valence-electron chi connectivity index (χ1n) is 5.90. The molecule has 1 nitrogen and oxygen atoms in total. The number of hydrogen-bond donors (Lipinski definition) is 1. The molecule has 0 spiro atoms. The predicted octanol–water partition coefficient (Wildman–Crippen LogP) is 4.24. The van der Waals surface area contributed by atoms with E-state index in [2.05, 4.69) is 52.1 Å². The highest BCUT2D eigenvalue weighted by molar-refractivity contribution is 8.00. The average Bonchev–Trinajstić information content (AvgIpc) is 2.22. The fourth-order valence-electron chi connectivity index (χ4n) is 2.02. The van der Waals surface area contributed by atoms with Gasteiger partial charge in [-0.3, -0.25) is 0 Å². The third-order valence-electron chi connectivity index (χ3n) is 3.25. The van der Waals surface area contributed by atoms with Gasteiger partial charge in [0.25, 0.3) is 0 Å². The van der Waals surface area contributed by atoms with Gasteiger partial charge in [-0.1, -0.05) is 32.9 Å². The van der Waals surface area contributed by atoms with Crippen molar-refractivity contribution in [3.63, 3.8) is 0 Å². The summed E-state index contributed by atoms with van der Waals surface area (Å²) in [6.07, 6.45) is 0. The molecule has 1 heterocycles. The van der Waals surface area contributed by atoms with E-state index in [1.807, 2.05) is 11.8 Å². The quantitative estimate of drug-likeness (QED) is 0.722. The standard InChI is InChI=1S/C14H21NS/c1-9-6-7-10(2)13-12(9)15-8-11(16-13)14(3,4)5/h6-7,11,15H,8H2,1-5H3. The summed E-state index contributed by atoms with van der Waals surface area (Å²) in [5, 5.41) is 4.26. The van der Waals surface area contributed by atoms with Crippen LogP contribution in [0.5, 0.6) is 0 Å². The third kappa shape index (κ3) is 2.08. The van der Waals surface area contributed by atoms with E-state index in [-0.39, 0.29) is 0 Å². The van der Waals surface area contributed by atoms with E-state index in [4.69, 9.17) is 0 Å². The van der Waals surface area contributed by atoms with Crippen molar-refractivity contribution in [2.45, 2.75) is 44.8 Å². The van der Waals surface area contributed by atoms with Crippen LogP contribution in [0, 0.1) is 19.3 Å². The SMILES string of the molecule is Cc1ccc(C)c2c1NCC(C(C)(C)C)S2. The van der Waals surface area contributed by atoms with Crippen molar-refractivity contribution in [2.24, 2.45) is 5.41 Å². The van der Waals surface area contributed by atoms with Gasteiger partial charge in [0, 0.05) is 16.7 Å². The molecule has 1 aromatic rings. The molecule has 1 unspecified atom stereocenters. The molecule has 88 valence electrons. The zero-order valence-corrected chi connectivity index (χ0v) is 11.7. The number of fused-ring (bicyclic) bond motifs is 1. The average molecular weight is 235 g/mol. The topological polar surface area (TPSA) is 12.0 Å². The molecule has 0 fully saturated rings. The number of anilines is 1. The minimum atomic E-state index is 0.353. The van der Waals surface area contributed by atoms with Gasteiger partial charge >= 0.3 is 0 Å². The maximum Gasteiger partial charge on any atom is 0.0511 e. The minimum Gasteiger partial charge on any atom is -0.383 e. The first kappa shape index (κ1) is 11.8. The van der Waals surface area contributed by atoms with E-state index >= 15 is 0 Å². The molecule has 1 aliphatic rings. The van der Waals surface area contributed by atoms with E-state index in [1.54, 1.807) is 0 Å². The summed E-state index contributed by atoms with van der Waals surface area (Å²) in [7, 11) is 0. The molecule has 0 amide bonds. The first-order chi connectivity index (χ1) is 7.39. The largest absolute Gasteiger partial charge is 0.383 e. The number of aryl methyl sites for hydroxylation is 2. The third-order valence-corrected chi connectivity index (χ3v) is 5.17. The second-order valence-electron chi connectivity index (χ2n) is 5.76. The van der Waals surface area contributed by atoms with Crippen molar-refractivity contribution in [1.29, 1.82) is 0 Å². The van der Waals surface area contributed by atoms with Crippen LogP contribution in [-0.4, -0.2) is 11.8 Å². The highest BCUT2D eigenvalue weighted by Gasteiger charge is 2.30. The van der Waals surface area contributed by atoms with Crippen LogP contribution in [0.3, 0.4) is 0 Å². The van der Waals surface area contributed by atoms with Crippen molar-refractivity contribution in [1.82, 2.24) is 0 Å². The van der Waals surface area contributed by atoms with E-state index in [0.717, 1.165) is 6.54 Å². The zero-order valence-electron chi connectivity index (χ0n) is 10.8. The van der Waals surface area contributed by atoms with E-state index in [0.29, 0.717) is 10.7 Å². The van der Waals surface area contributed by atoms with Crippen LogP contribution in [0.4, 0.5) is 5.69 Å². The predicted molar refractivity (Wildman–Crippen MR) is 73.5 cm³/mol. The molecule has 1 aromatic carbocycles. The van der Waals surface area contributed by atoms with Crippen molar-refractivity contribution in [2.75, 3.05) is 11.9 Å². The van der Waals surface area contributed by atoms with Crippen LogP contribution < -0.4 is 5.32 Å². The van der Waals surface area contributed by atoms with Gasteiger partial charge in [-0.25, -0.2) is 0 Å². The molecule has 0 radical (unpaired) electrons. The number of rotatable bonds is 0. The van der Waals surface area contributed by atoms with Gasteiger partial charge in [-0.15, -0.1) is 11.8 Å². The molecule has 0 saturated carbocycles. The molecule has 2 heteroatoms. The van der Waals surface area contributed by atoms with Gasteiger partial charge in [-0.2, -0.15) is 0 Å². The summed E-state index contributed by atoms with van der Waals surface area (Å²) < 4.78 is 0. The van der Waals surface area contributed by atoms with Crippen LogP contribution in [0.2, 0.25) is 0 Å². The smallest absolute Gasteiger partial charge is 0.0511 e. The molecule has 2 rings (SSSR count). The summed E-state index contributed by atoms with van der Waals surface area (Å²) >= 11 is 2.04. The highest BCUT2D eigenvalue weighted by Crippen LogP contribution is 2.44. The van der Waals surface area contributed by atoms with Crippen LogP contribution in [-0.2, 0) is 0 Å². The number of nitrogens with one attached hydrogen (secondary N) is 1. The van der Waals surface area contributed by atoms with Crippen molar-refractivity contribution >= 4 is 17.4 Å². The Morgan fingerprint density at radius 1 is 1.19 bits per heavy atom. The summed E-state index contributed by atoms with van der Waals surface area (Å²) in [4.78, 5) is 1.45. The molecule has 1 N–H and O–H groups in total. The monoisotopic (exact) mass is 235 g/mol. The highest BCUT2D eigenvalue weighted by atomic mass is 32.2. The number of thioether (sulfide) groups is 1. The molecular weight excluding hydrogens is 214 g/mol. The molecule has 0 aliphatic carbocycles. The second-order valence-corrected chi connectivity index (χ2v) is 6.97. The Hall–Kier alpha value is -0.630. The summed E-state index contributed by atoms with van der Waals surface area (Å²) in [6, 6.07) is 4.44. The second kappa shape index (κ2) is 3.99. The van der Waals surface area contributed by atoms with Crippen LogP contribution >= 0.6 is 11.8 Å². The van der Waals surface area contributed by atoms with Crippen LogP contribution in [0.25, 0.3) is 0 Å². The maximum atomic E-state index is 3.61. The minimum absolute atomic E-state index is 0.353. The van der Waals surface area contributed by atoms with Gasteiger partial charge in [0.1, 0.15) is 0 Å². The lowest BCUT2D eigenvalue weighted by Crippen LogP contribution is -2.33. The molecule has 1 atom stereocenters. The Bertz CT molecular complexity index is 404. The van der Waals surface area contributed by atoms with E-state index in [9.17, 15) is 0 Å². The Labute approximate surface area is 103 Å². The molecule has 0 bridgehead atoms. The Balaban J connectivity index is 2.37. The van der Waals surface area contributed by atoms with Crippen molar-refractivity contribution in [3.8, 4) is 0 Å². The Morgan fingerprint density at radius 3 is 2.44 bits per heavy atom. The van der Waals surface area contributed by atoms with Crippen molar-refractivity contribution in [3.05, 3.63) is 23.3 Å². The molecule has 0 saturated heterocycles. The molecular formula is C14H21NS. The lowest BCUT2D eigenvalue weighted by atomic mass is 9.91. The lowest BCUT2D eigenvalue weighted by molar-refractivity contribution is 0.401. The van der Waals surface area contributed by atoms with Gasteiger partial charge in [0.15, 0.2) is 0 Å². The lowest BCUT2D eigenvalue weighted by Gasteiger charge is -2.36. The normalized spacial score (nSPS) is 20.2. The Morgan fingerprint density at radius 2 is 1.81 bits per heavy atom. The zero-order chi connectivity index (χ0) is 11.9. The van der Waals surface area contributed by atoms with Gasteiger partial charge in [0.2, 0.25) is 0 Å². The maximum absolute atomic E-state index is 3.61. The summed E-state index contributed by atoms with van der Waals surface area (Å²) in [5.41, 5.74) is 4.46.